The number of hydrogen-bond donors (Lipinski definition) is 0. The molecule has 1 aromatic heterocycles. The number of methoxy groups -OCH3 is 1. The average Bonchev–Trinajstić information content (AvgIpc) is 3.24. The first kappa shape index (κ1) is 21.7. The van der Waals surface area contributed by atoms with Crippen LogP contribution >= 0.6 is 11.8 Å². The molecule has 0 saturated heterocycles. The van der Waals surface area contributed by atoms with E-state index in [1.807, 2.05) is 65.2 Å². The van der Waals surface area contributed by atoms with Crippen molar-refractivity contribution in [2.45, 2.75) is 18.7 Å². The van der Waals surface area contributed by atoms with E-state index in [4.69, 9.17) is 14.2 Å². The highest BCUT2D eigenvalue weighted by Gasteiger charge is 2.17. The van der Waals surface area contributed by atoms with Gasteiger partial charge in [0.25, 0.3) is 0 Å². The fraction of sp³-hybridized carbons (Fsp3) is 0.208. The summed E-state index contributed by atoms with van der Waals surface area (Å²) in [6.45, 7) is 2.34. The van der Waals surface area contributed by atoms with Crippen molar-refractivity contribution >= 4 is 28.5 Å². The monoisotopic (exact) mass is 449 g/mol. The second-order valence-corrected chi connectivity index (χ2v) is 7.77. The van der Waals surface area contributed by atoms with Gasteiger partial charge in [-0.2, -0.15) is 0 Å². The smallest absolute Gasteiger partial charge is 0.316 e. The maximum atomic E-state index is 11.8. The molecule has 0 bridgehead atoms. The Morgan fingerprint density at radius 2 is 1.72 bits per heavy atom. The van der Waals surface area contributed by atoms with E-state index in [0.717, 1.165) is 28.0 Å². The Balaban J connectivity index is 1.58. The topological polar surface area (TPSA) is 75.5 Å². The van der Waals surface area contributed by atoms with Gasteiger partial charge in [0.15, 0.2) is 11.0 Å². The molecule has 0 saturated carbocycles. The molecule has 0 aliphatic heterocycles. The predicted molar refractivity (Wildman–Crippen MR) is 124 cm³/mol. The number of carbonyl (C=O) groups is 1. The van der Waals surface area contributed by atoms with Gasteiger partial charge in [-0.3, -0.25) is 9.36 Å². The van der Waals surface area contributed by atoms with Crippen molar-refractivity contribution in [3.8, 4) is 17.2 Å². The molecule has 4 rings (SSSR count). The van der Waals surface area contributed by atoms with Crippen molar-refractivity contribution in [3.05, 3.63) is 72.6 Å². The van der Waals surface area contributed by atoms with E-state index in [-0.39, 0.29) is 18.3 Å². The molecule has 164 valence electrons. The van der Waals surface area contributed by atoms with Crippen LogP contribution in [0.1, 0.15) is 12.7 Å². The molecule has 4 aromatic rings. The molecule has 0 amide bonds. The zero-order valence-corrected chi connectivity index (χ0v) is 18.7. The lowest BCUT2D eigenvalue weighted by Crippen LogP contribution is -2.09. The number of thioether (sulfide) groups is 1. The lowest BCUT2D eigenvalue weighted by atomic mass is 10.1. The fourth-order valence-electron chi connectivity index (χ4n) is 3.21. The van der Waals surface area contributed by atoms with Crippen molar-refractivity contribution in [2.75, 3.05) is 19.5 Å². The van der Waals surface area contributed by atoms with Gasteiger partial charge >= 0.3 is 5.97 Å². The van der Waals surface area contributed by atoms with Gasteiger partial charge in [0.2, 0.25) is 0 Å². The molecule has 32 heavy (non-hydrogen) atoms. The minimum atomic E-state index is -0.296. The van der Waals surface area contributed by atoms with Crippen molar-refractivity contribution in [1.82, 2.24) is 14.8 Å². The van der Waals surface area contributed by atoms with Gasteiger partial charge in [-0.05, 0) is 54.1 Å². The van der Waals surface area contributed by atoms with Gasteiger partial charge in [0.1, 0.15) is 18.1 Å². The predicted octanol–water partition coefficient (Wildman–Crippen LogP) is 4.66. The molecule has 1 heterocycles. The second-order valence-electron chi connectivity index (χ2n) is 6.82. The third-order valence-electron chi connectivity index (χ3n) is 4.74. The highest BCUT2D eigenvalue weighted by atomic mass is 32.2. The first-order valence-corrected chi connectivity index (χ1v) is 11.1. The summed E-state index contributed by atoms with van der Waals surface area (Å²) in [7, 11) is 1.62. The first-order chi connectivity index (χ1) is 15.7. The number of rotatable bonds is 9. The van der Waals surface area contributed by atoms with E-state index < -0.39 is 0 Å². The maximum absolute atomic E-state index is 11.8. The summed E-state index contributed by atoms with van der Waals surface area (Å²) in [5.74, 6) is 1.96. The molecule has 0 atom stereocenters. The summed E-state index contributed by atoms with van der Waals surface area (Å²) < 4.78 is 18.2. The van der Waals surface area contributed by atoms with E-state index in [9.17, 15) is 4.79 Å². The van der Waals surface area contributed by atoms with Gasteiger partial charge in [-0.1, -0.05) is 42.1 Å². The molecule has 7 nitrogen and oxygen atoms in total. The molecule has 0 radical (unpaired) electrons. The van der Waals surface area contributed by atoms with Crippen LogP contribution in [0.15, 0.2) is 71.9 Å². The Morgan fingerprint density at radius 3 is 2.47 bits per heavy atom. The number of carbonyl (C=O) groups excluding carboxylic acids is 1. The quantitative estimate of drug-likeness (QED) is 0.272. The minimum absolute atomic E-state index is 0.146. The van der Waals surface area contributed by atoms with Crippen molar-refractivity contribution < 1.29 is 19.0 Å². The van der Waals surface area contributed by atoms with Gasteiger partial charge in [-0.15, -0.1) is 10.2 Å². The third kappa shape index (κ3) is 5.03. The molecule has 0 N–H and O–H groups in total. The van der Waals surface area contributed by atoms with Gasteiger partial charge in [-0.25, -0.2) is 0 Å². The molecular formula is C24H23N3O4S. The minimum Gasteiger partial charge on any atom is -0.497 e. The Bertz CT molecular complexity index is 1210. The largest absolute Gasteiger partial charge is 0.497 e. The van der Waals surface area contributed by atoms with Crippen LogP contribution in [0.25, 0.3) is 16.5 Å². The number of nitrogens with zero attached hydrogens (tertiary/aromatic N) is 3. The van der Waals surface area contributed by atoms with Crippen LogP contribution in [-0.2, 0) is 16.1 Å². The highest BCUT2D eigenvalue weighted by Crippen LogP contribution is 2.26. The highest BCUT2D eigenvalue weighted by molar-refractivity contribution is 7.99. The van der Waals surface area contributed by atoms with Crippen molar-refractivity contribution in [2.24, 2.45) is 0 Å². The second kappa shape index (κ2) is 10.2. The number of ether oxygens (including phenoxy) is 3. The van der Waals surface area contributed by atoms with E-state index in [0.29, 0.717) is 17.6 Å². The van der Waals surface area contributed by atoms with Gasteiger partial charge in [0, 0.05) is 5.69 Å². The first-order valence-electron chi connectivity index (χ1n) is 10.2. The zero-order chi connectivity index (χ0) is 22.3. The van der Waals surface area contributed by atoms with Crippen LogP contribution in [0.3, 0.4) is 0 Å². The summed E-state index contributed by atoms with van der Waals surface area (Å²) in [5.41, 5.74) is 0.847. The summed E-state index contributed by atoms with van der Waals surface area (Å²) in [6.07, 6.45) is 0. The molecular weight excluding hydrogens is 426 g/mol. The zero-order valence-electron chi connectivity index (χ0n) is 17.9. The standard InChI is InChI=1S/C24H23N3O4S/c1-3-30-23(28)16-32-24-26-25-22(27(24)19-9-12-20(29-2)13-10-19)15-31-21-11-8-17-6-4-5-7-18(17)14-21/h4-14H,3,15-16H2,1-2H3. The molecule has 3 aromatic carbocycles. The molecule has 0 aliphatic carbocycles. The van der Waals surface area contributed by atoms with Crippen LogP contribution in [0, 0.1) is 0 Å². The van der Waals surface area contributed by atoms with Crippen LogP contribution in [-0.4, -0.2) is 40.2 Å². The summed E-state index contributed by atoms with van der Waals surface area (Å²) in [5, 5.41) is 11.4. The van der Waals surface area contributed by atoms with Gasteiger partial charge in [0.05, 0.1) is 19.5 Å². The maximum Gasteiger partial charge on any atom is 0.316 e. The summed E-state index contributed by atoms with van der Waals surface area (Å²) in [6, 6.07) is 21.6. The van der Waals surface area contributed by atoms with Crippen LogP contribution in [0.4, 0.5) is 0 Å². The van der Waals surface area contributed by atoms with Crippen molar-refractivity contribution in [1.29, 1.82) is 0 Å². The normalized spacial score (nSPS) is 10.8. The summed E-state index contributed by atoms with van der Waals surface area (Å²) >= 11 is 1.27. The van der Waals surface area contributed by atoms with Crippen molar-refractivity contribution in [3.63, 3.8) is 0 Å². The molecule has 8 heteroatoms. The SMILES string of the molecule is CCOC(=O)CSc1nnc(COc2ccc3ccccc3c2)n1-c1ccc(OC)cc1. The van der Waals surface area contributed by atoms with Crippen LogP contribution in [0.2, 0.25) is 0 Å². The Kier molecular flexibility index (Phi) is 6.91. The van der Waals surface area contributed by atoms with E-state index in [1.54, 1.807) is 14.0 Å². The van der Waals surface area contributed by atoms with Crippen LogP contribution < -0.4 is 9.47 Å². The Morgan fingerprint density at radius 1 is 0.969 bits per heavy atom. The number of esters is 1. The molecule has 0 fully saturated rings. The average molecular weight is 450 g/mol. The molecule has 0 unspecified atom stereocenters. The van der Waals surface area contributed by atoms with Crippen LogP contribution in [0.5, 0.6) is 11.5 Å². The molecule has 0 aliphatic rings. The number of hydrogen-bond acceptors (Lipinski definition) is 7. The van der Waals surface area contributed by atoms with E-state index in [2.05, 4.69) is 16.3 Å². The molecule has 0 spiro atoms. The fourth-order valence-corrected chi connectivity index (χ4v) is 3.98. The van der Waals surface area contributed by atoms with E-state index >= 15 is 0 Å². The summed E-state index contributed by atoms with van der Waals surface area (Å²) in [4.78, 5) is 11.8. The lowest BCUT2D eigenvalue weighted by Gasteiger charge is -2.12. The van der Waals surface area contributed by atoms with E-state index in [1.165, 1.54) is 11.8 Å². The number of benzene rings is 3. The lowest BCUT2D eigenvalue weighted by molar-refractivity contribution is -0.139. The third-order valence-corrected chi connectivity index (χ3v) is 5.65. The van der Waals surface area contributed by atoms with Gasteiger partial charge < -0.3 is 14.2 Å². The Hall–Kier alpha value is -3.52. The number of fused-ring (bicyclic) bond motifs is 1. The number of aromatic nitrogens is 3. The Labute approximate surface area is 190 Å².